The average molecular weight is 297 g/mol. The molecule has 1 aromatic heterocycles. The van der Waals surface area contributed by atoms with E-state index in [1.54, 1.807) is 12.4 Å². The predicted molar refractivity (Wildman–Crippen MR) is 80.3 cm³/mol. The molecule has 6 heteroatoms. The Hall–Kier alpha value is -2.76. The van der Waals surface area contributed by atoms with Gasteiger partial charge in [0.2, 0.25) is 0 Å². The quantitative estimate of drug-likeness (QED) is 0.644. The lowest BCUT2D eigenvalue weighted by molar-refractivity contribution is -0.384. The smallest absolute Gasteiger partial charge is 0.269 e. The largest absolute Gasteiger partial charge is 0.332 e. The lowest BCUT2D eigenvalue weighted by Crippen LogP contribution is -2.30. The van der Waals surface area contributed by atoms with Crippen molar-refractivity contribution < 1.29 is 9.72 Å². The molecular weight excluding hydrogens is 282 g/mol. The Balaban J connectivity index is 1.83. The molecule has 1 aliphatic rings. The Bertz CT molecular complexity index is 686. The first kappa shape index (κ1) is 14.2. The summed E-state index contributed by atoms with van der Waals surface area (Å²) in [6.07, 6.45) is 5.32. The van der Waals surface area contributed by atoms with Crippen molar-refractivity contribution in [3.8, 4) is 0 Å². The van der Waals surface area contributed by atoms with E-state index in [2.05, 4.69) is 4.98 Å². The Morgan fingerprint density at radius 2 is 1.86 bits per heavy atom. The Labute approximate surface area is 127 Å². The molecule has 0 spiro atoms. The molecule has 1 amide bonds. The highest BCUT2D eigenvalue weighted by Crippen LogP contribution is 2.32. The third-order valence-corrected chi connectivity index (χ3v) is 3.93. The van der Waals surface area contributed by atoms with Crippen LogP contribution in [0.4, 0.5) is 5.69 Å². The molecule has 2 aromatic rings. The van der Waals surface area contributed by atoms with Gasteiger partial charge in [0, 0.05) is 36.6 Å². The van der Waals surface area contributed by atoms with Crippen LogP contribution < -0.4 is 0 Å². The first-order valence-corrected chi connectivity index (χ1v) is 7.12. The van der Waals surface area contributed by atoms with Crippen molar-refractivity contribution in [3.63, 3.8) is 0 Å². The highest BCUT2D eigenvalue weighted by molar-refractivity contribution is 5.94. The van der Waals surface area contributed by atoms with Gasteiger partial charge < -0.3 is 4.90 Å². The van der Waals surface area contributed by atoms with Crippen molar-refractivity contribution in [3.05, 3.63) is 70.0 Å². The number of non-ortho nitro benzene ring substituents is 1. The topological polar surface area (TPSA) is 76.3 Å². The molecule has 2 heterocycles. The molecule has 0 N–H and O–H groups in total. The van der Waals surface area contributed by atoms with Gasteiger partial charge in [-0.05, 0) is 42.7 Å². The standard InChI is InChI=1S/C16H15N3O3/c20-16(13-3-5-14(6-4-13)19(21)22)18-11-1-2-15(18)12-7-9-17-10-8-12/h3-10,15H,1-2,11H2/t15-/m0/s1. The maximum atomic E-state index is 12.7. The number of nitro groups is 1. The molecule has 0 unspecified atom stereocenters. The van der Waals surface area contributed by atoms with Gasteiger partial charge in [0.15, 0.2) is 0 Å². The minimum atomic E-state index is -0.468. The Morgan fingerprint density at radius 1 is 1.18 bits per heavy atom. The summed E-state index contributed by atoms with van der Waals surface area (Å²) < 4.78 is 0. The second-order valence-corrected chi connectivity index (χ2v) is 5.24. The monoisotopic (exact) mass is 297 g/mol. The first-order valence-electron chi connectivity index (χ1n) is 7.12. The highest BCUT2D eigenvalue weighted by atomic mass is 16.6. The summed E-state index contributed by atoms with van der Waals surface area (Å²) in [7, 11) is 0. The van der Waals surface area contributed by atoms with Gasteiger partial charge in [-0.2, -0.15) is 0 Å². The number of hydrogen-bond donors (Lipinski definition) is 0. The molecule has 6 nitrogen and oxygen atoms in total. The van der Waals surface area contributed by atoms with Gasteiger partial charge in [0.25, 0.3) is 11.6 Å². The maximum absolute atomic E-state index is 12.7. The van der Waals surface area contributed by atoms with Crippen LogP contribution >= 0.6 is 0 Å². The lowest BCUT2D eigenvalue weighted by atomic mass is 10.1. The van der Waals surface area contributed by atoms with E-state index in [-0.39, 0.29) is 17.6 Å². The number of pyridine rings is 1. The zero-order valence-electron chi connectivity index (χ0n) is 11.9. The molecular formula is C16H15N3O3. The second-order valence-electron chi connectivity index (χ2n) is 5.24. The van der Waals surface area contributed by atoms with E-state index < -0.39 is 4.92 Å². The van der Waals surface area contributed by atoms with Crippen LogP contribution in [0.15, 0.2) is 48.8 Å². The van der Waals surface area contributed by atoms with Gasteiger partial charge in [-0.25, -0.2) is 0 Å². The molecule has 0 radical (unpaired) electrons. The van der Waals surface area contributed by atoms with Crippen LogP contribution in [0.2, 0.25) is 0 Å². The fraction of sp³-hybridized carbons (Fsp3) is 0.250. The number of hydrogen-bond acceptors (Lipinski definition) is 4. The molecule has 0 saturated carbocycles. The summed E-state index contributed by atoms with van der Waals surface area (Å²) in [5, 5.41) is 10.7. The lowest BCUT2D eigenvalue weighted by Gasteiger charge is -2.25. The zero-order valence-corrected chi connectivity index (χ0v) is 11.9. The van der Waals surface area contributed by atoms with Gasteiger partial charge in [0.05, 0.1) is 11.0 Å². The molecule has 1 aromatic carbocycles. The van der Waals surface area contributed by atoms with Crippen LogP contribution in [0.25, 0.3) is 0 Å². The second kappa shape index (κ2) is 5.93. The van der Waals surface area contributed by atoms with Gasteiger partial charge in [-0.1, -0.05) is 0 Å². The number of amides is 1. The number of nitrogens with zero attached hydrogens (tertiary/aromatic N) is 3. The Kier molecular flexibility index (Phi) is 3.82. The van der Waals surface area contributed by atoms with Gasteiger partial charge in [-0.15, -0.1) is 0 Å². The van der Waals surface area contributed by atoms with Crippen molar-refractivity contribution in [2.24, 2.45) is 0 Å². The third kappa shape index (κ3) is 2.67. The third-order valence-electron chi connectivity index (χ3n) is 3.93. The predicted octanol–water partition coefficient (Wildman–Crippen LogP) is 2.97. The minimum absolute atomic E-state index is 0.0105. The van der Waals surface area contributed by atoms with E-state index in [4.69, 9.17) is 0 Å². The van der Waals surface area contributed by atoms with Crippen LogP contribution in [0.5, 0.6) is 0 Å². The molecule has 112 valence electrons. The van der Waals surface area contributed by atoms with E-state index in [0.29, 0.717) is 12.1 Å². The fourth-order valence-electron chi connectivity index (χ4n) is 2.83. The van der Waals surface area contributed by atoms with Gasteiger partial charge >= 0.3 is 0 Å². The van der Waals surface area contributed by atoms with Crippen molar-refractivity contribution >= 4 is 11.6 Å². The number of benzene rings is 1. The summed E-state index contributed by atoms with van der Waals surface area (Å²) in [4.78, 5) is 28.7. The normalized spacial score (nSPS) is 17.5. The summed E-state index contributed by atoms with van der Waals surface area (Å²) in [5.74, 6) is -0.0887. The van der Waals surface area contributed by atoms with E-state index in [1.165, 1.54) is 24.3 Å². The van der Waals surface area contributed by atoms with Gasteiger partial charge in [-0.3, -0.25) is 19.9 Å². The Morgan fingerprint density at radius 3 is 2.50 bits per heavy atom. The van der Waals surface area contributed by atoms with Crippen LogP contribution in [0, 0.1) is 10.1 Å². The zero-order chi connectivity index (χ0) is 15.5. The first-order chi connectivity index (χ1) is 10.7. The fourth-order valence-corrected chi connectivity index (χ4v) is 2.83. The number of nitro benzene ring substituents is 1. The number of rotatable bonds is 3. The maximum Gasteiger partial charge on any atom is 0.269 e. The molecule has 0 bridgehead atoms. The molecule has 1 atom stereocenters. The van der Waals surface area contributed by atoms with Crippen LogP contribution in [0.1, 0.15) is 34.8 Å². The summed E-state index contributed by atoms with van der Waals surface area (Å²) in [6.45, 7) is 0.697. The van der Waals surface area contributed by atoms with Crippen molar-refractivity contribution in [2.75, 3.05) is 6.54 Å². The van der Waals surface area contributed by atoms with E-state index in [0.717, 1.165) is 18.4 Å². The molecule has 1 saturated heterocycles. The van der Waals surface area contributed by atoms with Crippen molar-refractivity contribution in [1.82, 2.24) is 9.88 Å². The summed E-state index contributed by atoms with van der Waals surface area (Å²) in [5.41, 5.74) is 1.54. The van der Waals surface area contributed by atoms with Crippen LogP contribution in [0.3, 0.4) is 0 Å². The number of carbonyl (C=O) groups is 1. The summed E-state index contributed by atoms with van der Waals surface area (Å²) >= 11 is 0. The van der Waals surface area contributed by atoms with Gasteiger partial charge in [0.1, 0.15) is 0 Å². The van der Waals surface area contributed by atoms with Crippen LogP contribution in [-0.4, -0.2) is 27.3 Å². The number of carbonyl (C=O) groups excluding carboxylic acids is 1. The summed E-state index contributed by atoms with van der Waals surface area (Å²) in [6, 6.07) is 9.66. The van der Waals surface area contributed by atoms with Crippen molar-refractivity contribution in [2.45, 2.75) is 18.9 Å². The average Bonchev–Trinajstić information content (AvgIpc) is 3.04. The van der Waals surface area contributed by atoms with E-state index >= 15 is 0 Å². The molecule has 3 rings (SSSR count). The molecule has 1 aliphatic heterocycles. The molecule has 0 aliphatic carbocycles. The molecule has 22 heavy (non-hydrogen) atoms. The highest BCUT2D eigenvalue weighted by Gasteiger charge is 2.30. The number of likely N-dealkylation sites (tertiary alicyclic amines) is 1. The van der Waals surface area contributed by atoms with E-state index in [9.17, 15) is 14.9 Å². The minimum Gasteiger partial charge on any atom is -0.332 e. The van der Waals surface area contributed by atoms with Crippen LogP contribution in [-0.2, 0) is 0 Å². The number of aromatic nitrogens is 1. The van der Waals surface area contributed by atoms with Crippen molar-refractivity contribution in [1.29, 1.82) is 0 Å². The molecule has 1 fully saturated rings. The SMILES string of the molecule is O=C(c1ccc([N+](=O)[O-])cc1)N1CCC[C@H]1c1ccncc1. The van der Waals surface area contributed by atoms with E-state index in [1.807, 2.05) is 17.0 Å².